The van der Waals surface area contributed by atoms with Crippen molar-refractivity contribution in [2.75, 3.05) is 6.26 Å². The lowest BCUT2D eigenvalue weighted by atomic mass is 9.97. The molecule has 0 amide bonds. The van der Waals surface area contributed by atoms with Gasteiger partial charge in [0.1, 0.15) is 11.3 Å². The van der Waals surface area contributed by atoms with Crippen LogP contribution >= 0.6 is 0 Å². The van der Waals surface area contributed by atoms with Crippen molar-refractivity contribution in [3.05, 3.63) is 88.6 Å². The first kappa shape index (κ1) is 19.1. The molecule has 0 radical (unpaired) electrons. The van der Waals surface area contributed by atoms with E-state index in [0.29, 0.717) is 33.4 Å². The maximum Gasteiger partial charge on any atom is 0.201 e. The molecule has 4 aromatic rings. The Bertz CT molecular complexity index is 1350. The van der Waals surface area contributed by atoms with Crippen LogP contribution in [0.2, 0.25) is 0 Å². The van der Waals surface area contributed by atoms with Gasteiger partial charge in [-0.1, -0.05) is 36.4 Å². The van der Waals surface area contributed by atoms with Gasteiger partial charge < -0.3 is 9.52 Å². The highest BCUT2D eigenvalue weighted by atomic mass is 32.2. The molecule has 0 saturated carbocycles. The van der Waals surface area contributed by atoms with Crippen molar-refractivity contribution in [2.24, 2.45) is 0 Å². The van der Waals surface area contributed by atoms with E-state index < -0.39 is 9.84 Å². The zero-order valence-corrected chi connectivity index (χ0v) is 16.4. The van der Waals surface area contributed by atoms with Crippen LogP contribution in [0.25, 0.3) is 33.4 Å². The second-order valence-electron chi connectivity index (χ2n) is 6.78. The number of aliphatic hydroxyl groups is 1. The molecule has 146 valence electrons. The molecule has 0 aliphatic heterocycles. The molecule has 1 N–H and O–H groups in total. The predicted octanol–water partition coefficient (Wildman–Crippen LogP) is 4.02. The Labute approximate surface area is 167 Å². The zero-order valence-electron chi connectivity index (χ0n) is 15.6. The third-order valence-electron chi connectivity index (χ3n) is 4.77. The summed E-state index contributed by atoms with van der Waals surface area (Å²) in [5.41, 5.74) is 2.66. The Kier molecular flexibility index (Phi) is 4.82. The molecular weight excluding hydrogens is 388 g/mol. The second-order valence-corrected chi connectivity index (χ2v) is 8.80. The summed E-state index contributed by atoms with van der Waals surface area (Å²) in [6.07, 6.45) is 1.15. The standard InChI is InChI=1S/C23H18O5S/c1-29(26,27)18-12-10-17(11-13-18)23-21(16-8-6-15(14-24)7-9-16)22(25)19-4-2-3-5-20(19)28-23/h2-13,24H,14H2,1H3. The van der Waals surface area contributed by atoms with E-state index in [0.717, 1.165) is 11.8 Å². The lowest BCUT2D eigenvalue weighted by Crippen LogP contribution is -2.07. The molecule has 5 nitrogen and oxygen atoms in total. The second kappa shape index (κ2) is 7.31. The molecule has 0 bridgehead atoms. The first-order valence-corrected chi connectivity index (χ1v) is 10.8. The van der Waals surface area contributed by atoms with Crippen molar-refractivity contribution in [3.8, 4) is 22.5 Å². The van der Waals surface area contributed by atoms with E-state index in [9.17, 15) is 18.3 Å². The summed E-state index contributed by atoms with van der Waals surface area (Å²) in [7, 11) is -3.33. The minimum atomic E-state index is -3.33. The van der Waals surface area contributed by atoms with Gasteiger partial charge in [0.25, 0.3) is 0 Å². The molecule has 4 rings (SSSR count). The number of rotatable bonds is 4. The van der Waals surface area contributed by atoms with Gasteiger partial charge in [-0.05, 0) is 47.5 Å². The van der Waals surface area contributed by atoms with E-state index in [4.69, 9.17) is 4.42 Å². The van der Waals surface area contributed by atoms with Crippen LogP contribution in [0.15, 0.2) is 86.9 Å². The SMILES string of the molecule is CS(=O)(=O)c1ccc(-c2oc3ccccc3c(=O)c2-c2ccc(CO)cc2)cc1. The fourth-order valence-corrected chi connectivity index (χ4v) is 3.87. The fourth-order valence-electron chi connectivity index (χ4n) is 3.24. The van der Waals surface area contributed by atoms with Gasteiger partial charge in [0.2, 0.25) is 5.43 Å². The van der Waals surface area contributed by atoms with Crippen molar-refractivity contribution < 1.29 is 17.9 Å². The molecule has 0 spiro atoms. The highest BCUT2D eigenvalue weighted by molar-refractivity contribution is 7.90. The van der Waals surface area contributed by atoms with Crippen LogP contribution in [0.1, 0.15) is 5.56 Å². The topological polar surface area (TPSA) is 84.6 Å². The largest absolute Gasteiger partial charge is 0.455 e. The molecule has 0 unspecified atom stereocenters. The third kappa shape index (κ3) is 3.60. The maximum atomic E-state index is 13.3. The first-order chi connectivity index (χ1) is 13.9. The van der Waals surface area contributed by atoms with Gasteiger partial charge in [-0.15, -0.1) is 0 Å². The van der Waals surface area contributed by atoms with Crippen LogP contribution in [0.4, 0.5) is 0 Å². The summed E-state index contributed by atoms with van der Waals surface area (Å²) in [5, 5.41) is 9.75. The smallest absolute Gasteiger partial charge is 0.201 e. The quantitative estimate of drug-likeness (QED) is 0.553. The molecule has 3 aromatic carbocycles. The highest BCUT2D eigenvalue weighted by Gasteiger charge is 2.18. The van der Waals surface area contributed by atoms with Crippen LogP contribution in [0.5, 0.6) is 0 Å². The number of hydrogen-bond donors (Lipinski definition) is 1. The van der Waals surface area contributed by atoms with Crippen LogP contribution in [0, 0.1) is 0 Å². The zero-order chi connectivity index (χ0) is 20.6. The molecular formula is C23H18O5S. The molecule has 0 fully saturated rings. The van der Waals surface area contributed by atoms with Gasteiger partial charge in [-0.25, -0.2) is 8.42 Å². The average molecular weight is 406 g/mol. The Hall–Kier alpha value is -3.22. The van der Waals surface area contributed by atoms with Crippen LogP contribution in [0.3, 0.4) is 0 Å². The molecule has 29 heavy (non-hydrogen) atoms. The average Bonchev–Trinajstić information content (AvgIpc) is 2.73. The summed E-state index contributed by atoms with van der Waals surface area (Å²) >= 11 is 0. The van der Waals surface area contributed by atoms with Crippen molar-refractivity contribution in [2.45, 2.75) is 11.5 Å². The van der Waals surface area contributed by atoms with Crippen molar-refractivity contribution in [3.63, 3.8) is 0 Å². The molecule has 0 saturated heterocycles. The Balaban J connectivity index is 2.00. The Morgan fingerprint density at radius 1 is 0.862 bits per heavy atom. The van der Waals surface area contributed by atoms with E-state index in [1.807, 2.05) is 0 Å². The van der Waals surface area contributed by atoms with Crippen LogP contribution in [-0.4, -0.2) is 19.8 Å². The van der Waals surface area contributed by atoms with E-state index in [1.165, 1.54) is 12.1 Å². The molecule has 1 heterocycles. The summed E-state index contributed by atoms with van der Waals surface area (Å²) < 4.78 is 29.6. The van der Waals surface area contributed by atoms with Crippen LogP contribution in [-0.2, 0) is 16.4 Å². The van der Waals surface area contributed by atoms with Crippen molar-refractivity contribution in [1.82, 2.24) is 0 Å². The maximum absolute atomic E-state index is 13.3. The fraction of sp³-hybridized carbons (Fsp3) is 0.0870. The van der Waals surface area contributed by atoms with Gasteiger partial charge in [0, 0.05) is 11.8 Å². The molecule has 0 aliphatic carbocycles. The van der Waals surface area contributed by atoms with Gasteiger partial charge >= 0.3 is 0 Å². The van der Waals surface area contributed by atoms with Gasteiger partial charge in [0.05, 0.1) is 22.5 Å². The van der Waals surface area contributed by atoms with Crippen molar-refractivity contribution in [1.29, 1.82) is 0 Å². The molecule has 6 heteroatoms. The number of fused-ring (bicyclic) bond motifs is 1. The Morgan fingerprint density at radius 3 is 2.10 bits per heavy atom. The van der Waals surface area contributed by atoms with Gasteiger partial charge in [-0.3, -0.25) is 4.79 Å². The minimum Gasteiger partial charge on any atom is -0.455 e. The monoisotopic (exact) mass is 406 g/mol. The molecule has 0 atom stereocenters. The highest BCUT2D eigenvalue weighted by Crippen LogP contribution is 2.33. The lowest BCUT2D eigenvalue weighted by Gasteiger charge is -2.11. The lowest BCUT2D eigenvalue weighted by molar-refractivity contribution is 0.282. The van der Waals surface area contributed by atoms with Crippen LogP contribution < -0.4 is 5.43 Å². The molecule has 0 aliphatic rings. The van der Waals surface area contributed by atoms with Gasteiger partial charge in [-0.2, -0.15) is 0 Å². The van der Waals surface area contributed by atoms with E-state index in [1.54, 1.807) is 60.7 Å². The number of aliphatic hydroxyl groups excluding tert-OH is 1. The van der Waals surface area contributed by atoms with Gasteiger partial charge in [0.15, 0.2) is 9.84 Å². The minimum absolute atomic E-state index is 0.0909. The summed E-state index contributed by atoms with van der Waals surface area (Å²) in [4.78, 5) is 13.5. The van der Waals surface area contributed by atoms with E-state index >= 15 is 0 Å². The summed E-state index contributed by atoms with van der Waals surface area (Å²) in [6.45, 7) is -0.0909. The number of para-hydroxylation sites is 1. The summed E-state index contributed by atoms with van der Waals surface area (Å²) in [6, 6.07) is 20.3. The number of sulfone groups is 1. The molecule has 1 aromatic heterocycles. The normalized spacial score (nSPS) is 11.7. The Morgan fingerprint density at radius 2 is 1.48 bits per heavy atom. The van der Waals surface area contributed by atoms with Crippen molar-refractivity contribution >= 4 is 20.8 Å². The van der Waals surface area contributed by atoms with E-state index in [-0.39, 0.29) is 16.9 Å². The number of benzene rings is 3. The number of hydrogen-bond acceptors (Lipinski definition) is 5. The first-order valence-electron chi connectivity index (χ1n) is 8.95. The summed E-state index contributed by atoms with van der Waals surface area (Å²) in [5.74, 6) is 0.366. The predicted molar refractivity (Wildman–Crippen MR) is 112 cm³/mol. The third-order valence-corrected chi connectivity index (χ3v) is 5.90. The van der Waals surface area contributed by atoms with E-state index in [2.05, 4.69) is 0 Å².